The van der Waals surface area contributed by atoms with Gasteiger partial charge < -0.3 is 15.5 Å². The lowest BCUT2D eigenvalue weighted by molar-refractivity contribution is 0.0951. The number of hydrogen-bond acceptors (Lipinski definition) is 3. The SMILES string of the molecule is C=CNc1cccc(C(=O)NCCCN2CCCCC2)c1. The van der Waals surface area contributed by atoms with Crippen LogP contribution in [0, 0.1) is 0 Å². The quantitative estimate of drug-likeness (QED) is 0.758. The number of nitrogens with zero attached hydrogens (tertiary/aromatic N) is 1. The minimum absolute atomic E-state index is 0.0126. The fraction of sp³-hybridized carbons (Fsp3) is 0.471. The number of piperidine rings is 1. The summed E-state index contributed by atoms with van der Waals surface area (Å²) >= 11 is 0. The van der Waals surface area contributed by atoms with E-state index < -0.39 is 0 Å². The molecule has 1 aromatic carbocycles. The van der Waals surface area contributed by atoms with Gasteiger partial charge in [-0.25, -0.2) is 0 Å². The molecule has 1 heterocycles. The molecule has 0 bridgehead atoms. The molecule has 2 rings (SSSR count). The summed E-state index contributed by atoms with van der Waals surface area (Å²) in [5.41, 5.74) is 1.56. The Hall–Kier alpha value is -1.81. The summed E-state index contributed by atoms with van der Waals surface area (Å²) in [6.07, 6.45) is 6.61. The van der Waals surface area contributed by atoms with E-state index in [9.17, 15) is 4.79 Å². The summed E-state index contributed by atoms with van der Waals surface area (Å²) in [7, 11) is 0. The largest absolute Gasteiger partial charge is 0.362 e. The van der Waals surface area contributed by atoms with Crippen LogP contribution in [-0.4, -0.2) is 37.0 Å². The van der Waals surface area contributed by atoms with Crippen LogP contribution >= 0.6 is 0 Å². The molecule has 2 N–H and O–H groups in total. The maximum absolute atomic E-state index is 12.1. The molecule has 1 fully saturated rings. The number of anilines is 1. The van der Waals surface area contributed by atoms with Gasteiger partial charge in [0.15, 0.2) is 0 Å². The van der Waals surface area contributed by atoms with E-state index in [1.807, 2.05) is 24.3 Å². The van der Waals surface area contributed by atoms with E-state index in [1.165, 1.54) is 32.4 Å². The summed E-state index contributed by atoms with van der Waals surface area (Å²) < 4.78 is 0. The average Bonchev–Trinajstić information content (AvgIpc) is 2.53. The molecule has 0 unspecified atom stereocenters. The summed E-state index contributed by atoms with van der Waals surface area (Å²) in [5, 5.41) is 5.98. The van der Waals surface area contributed by atoms with Gasteiger partial charge in [0.2, 0.25) is 0 Å². The van der Waals surface area contributed by atoms with Crippen LogP contribution in [0.5, 0.6) is 0 Å². The molecule has 0 radical (unpaired) electrons. The van der Waals surface area contributed by atoms with Crippen molar-refractivity contribution in [2.24, 2.45) is 0 Å². The monoisotopic (exact) mass is 287 g/mol. The van der Waals surface area contributed by atoms with Crippen molar-refractivity contribution in [1.29, 1.82) is 0 Å². The zero-order valence-corrected chi connectivity index (χ0v) is 12.6. The van der Waals surface area contributed by atoms with Crippen molar-refractivity contribution in [3.63, 3.8) is 0 Å². The van der Waals surface area contributed by atoms with Crippen LogP contribution in [0.15, 0.2) is 37.0 Å². The highest BCUT2D eigenvalue weighted by molar-refractivity contribution is 5.95. The third-order valence-electron chi connectivity index (χ3n) is 3.78. The Labute approximate surface area is 127 Å². The van der Waals surface area contributed by atoms with Crippen LogP contribution in [0.1, 0.15) is 36.0 Å². The van der Waals surface area contributed by atoms with E-state index >= 15 is 0 Å². The summed E-state index contributed by atoms with van der Waals surface area (Å²) in [5.74, 6) is -0.0126. The van der Waals surface area contributed by atoms with Gasteiger partial charge in [-0.1, -0.05) is 19.1 Å². The lowest BCUT2D eigenvalue weighted by atomic mass is 10.1. The average molecular weight is 287 g/mol. The number of carbonyl (C=O) groups excluding carboxylic acids is 1. The van der Waals surface area contributed by atoms with Gasteiger partial charge in [0.1, 0.15) is 0 Å². The molecule has 114 valence electrons. The third kappa shape index (κ3) is 5.23. The third-order valence-corrected chi connectivity index (χ3v) is 3.78. The maximum Gasteiger partial charge on any atom is 0.251 e. The molecule has 21 heavy (non-hydrogen) atoms. The Kier molecular flexibility index (Phi) is 6.28. The van der Waals surface area contributed by atoms with Crippen LogP contribution in [0.2, 0.25) is 0 Å². The van der Waals surface area contributed by atoms with Crippen molar-refractivity contribution in [3.8, 4) is 0 Å². The van der Waals surface area contributed by atoms with Crippen LogP contribution in [0.4, 0.5) is 5.69 Å². The first-order valence-corrected chi connectivity index (χ1v) is 7.77. The molecule has 1 aliphatic heterocycles. The smallest absolute Gasteiger partial charge is 0.251 e. The zero-order valence-electron chi connectivity index (χ0n) is 12.6. The first-order chi connectivity index (χ1) is 10.3. The zero-order chi connectivity index (χ0) is 14.9. The van der Waals surface area contributed by atoms with Crippen molar-refractivity contribution in [2.75, 3.05) is 31.5 Å². The standard InChI is InChI=1S/C17H25N3O/c1-2-18-16-9-6-8-15(14-16)17(21)19-10-7-13-20-11-4-3-5-12-20/h2,6,8-9,14,18H,1,3-5,7,10-13H2,(H,19,21). The highest BCUT2D eigenvalue weighted by Crippen LogP contribution is 2.11. The predicted octanol–water partition coefficient (Wildman–Crippen LogP) is 2.85. The van der Waals surface area contributed by atoms with Crippen molar-refractivity contribution in [2.45, 2.75) is 25.7 Å². The van der Waals surface area contributed by atoms with Crippen molar-refractivity contribution in [1.82, 2.24) is 10.2 Å². The number of rotatable bonds is 7. The minimum atomic E-state index is -0.0126. The molecule has 4 nitrogen and oxygen atoms in total. The van der Waals surface area contributed by atoms with Crippen LogP contribution in [0.25, 0.3) is 0 Å². The van der Waals surface area contributed by atoms with Gasteiger partial charge in [-0.05, 0) is 63.3 Å². The second-order valence-corrected chi connectivity index (χ2v) is 5.44. The molecule has 4 heteroatoms. The predicted molar refractivity (Wildman–Crippen MR) is 87.5 cm³/mol. The highest BCUT2D eigenvalue weighted by Gasteiger charge is 2.10. The first-order valence-electron chi connectivity index (χ1n) is 7.77. The molecule has 0 aromatic heterocycles. The van der Waals surface area contributed by atoms with Crippen LogP contribution in [0.3, 0.4) is 0 Å². The molecule has 1 saturated heterocycles. The molecule has 0 saturated carbocycles. The van der Waals surface area contributed by atoms with E-state index in [4.69, 9.17) is 0 Å². The Balaban J connectivity index is 1.71. The number of likely N-dealkylation sites (tertiary alicyclic amines) is 1. The Morgan fingerprint density at radius 2 is 2.10 bits per heavy atom. The van der Waals surface area contributed by atoms with Gasteiger partial charge in [0.25, 0.3) is 5.91 Å². The van der Waals surface area contributed by atoms with Gasteiger partial charge in [-0.3, -0.25) is 4.79 Å². The van der Waals surface area contributed by atoms with Gasteiger partial charge in [-0.2, -0.15) is 0 Å². The summed E-state index contributed by atoms with van der Waals surface area (Å²) in [4.78, 5) is 14.6. The van der Waals surface area contributed by atoms with Crippen molar-refractivity contribution in [3.05, 3.63) is 42.6 Å². The number of carbonyl (C=O) groups is 1. The van der Waals surface area contributed by atoms with Crippen molar-refractivity contribution < 1.29 is 4.79 Å². The Morgan fingerprint density at radius 3 is 2.86 bits per heavy atom. The summed E-state index contributed by atoms with van der Waals surface area (Å²) in [6, 6.07) is 7.44. The number of benzene rings is 1. The van der Waals surface area contributed by atoms with Gasteiger partial charge >= 0.3 is 0 Å². The second-order valence-electron chi connectivity index (χ2n) is 5.44. The Morgan fingerprint density at radius 1 is 1.29 bits per heavy atom. The molecule has 0 spiro atoms. The highest BCUT2D eigenvalue weighted by atomic mass is 16.1. The molecular weight excluding hydrogens is 262 g/mol. The number of amides is 1. The molecule has 1 aliphatic rings. The lowest BCUT2D eigenvalue weighted by Gasteiger charge is -2.26. The molecule has 1 amide bonds. The number of nitrogens with one attached hydrogen (secondary N) is 2. The fourth-order valence-corrected chi connectivity index (χ4v) is 2.66. The van der Waals surface area contributed by atoms with Gasteiger partial charge in [0, 0.05) is 17.8 Å². The summed E-state index contributed by atoms with van der Waals surface area (Å²) in [6.45, 7) is 7.85. The van der Waals surface area contributed by atoms with Gasteiger partial charge in [-0.15, -0.1) is 0 Å². The van der Waals surface area contributed by atoms with E-state index in [1.54, 1.807) is 6.20 Å². The topological polar surface area (TPSA) is 44.4 Å². The second kappa shape index (κ2) is 8.47. The van der Waals surface area contributed by atoms with Crippen LogP contribution < -0.4 is 10.6 Å². The Bertz CT molecular complexity index is 467. The maximum atomic E-state index is 12.1. The molecule has 1 aromatic rings. The van der Waals surface area contributed by atoms with E-state index in [0.717, 1.165) is 25.2 Å². The normalized spacial score (nSPS) is 15.4. The first kappa shape index (κ1) is 15.6. The van der Waals surface area contributed by atoms with Gasteiger partial charge in [0.05, 0.1) is 0 Å². The lowest BCUT2D eigenvalue weighted by Crippen LogP contribution is -2.33. The molecule has 0 atom stereocenters. The minimum Gasteiger partial charge on any atom is -0.362 e. The molecule has 0 aliphatic carbocycles. The van der Waals surface area contributed by atoms with Crippen LogP contribution in [-0.2, 0) is 0 Å². The fourth-order valence-electron chi connectivity index (χ4n) is 2.66. The van der Waals surface area contributed by atoms with Crippen molar-refractivity contribution >= 4 is 11.6 Å². The number of hydrogen-bond donors (Lipinski definition) is 2. The van der Waals surface area contributed by atoms with E-state index in [0.29, 0.717) is 5.56 Å². The van der Waals surface area contributed by atoms with E-state index in [2.05, 4.69) is 22.1 Å². The molecular formula is C17H25N3O. The van der Waals surface area contributed by atoms with E-state index in [-0.39, 0.29) is 5.91 Å².